The van der Waals surface area contributed by atoms with Crippen LogP contribution in [0.25, 0.3) is 6.08 Å². The third kappa shape index (κ3) is 6.75. The summed E-state index contributed by atoms with van der Waals surface area (Å²) in [6, 6.07) is 16.7. The Morgan fingerprint density at radius 3 is 2.61 bits per heavy atom. The van der Waals surface area contributed by atoms with Gasteiger partial charge in [0.1, 0.15) is 13.2 Å². The first-order valence-corrected chi connectivity index (χ1v) is 15.2. The summed E-state index contributed by atoms with van der Waals surface area (Å²) < 4.78 is 12.4. The molecule has 5 rings (SSSR count). The van der Waals surface area contributed by atoms with Gasteiger partial charge in [0.15, 0.2) is 11.5 Å². The summed E-state index contributed by atoms with van der Waals surface area (Å²) in [5.41, 5.74) is 3.68. The Hall–Kier alpha value is -2.98. The standard InChI is InChI=1S/C30H25BrCl2N2O5S/c1-2-39-25-12-18(11-23(31)28(25)40-17-21-7-8-22(32)14-24(21)33)13-26-29(37)35(30(38)41-26)16-27(36)34-10-9-19-5-3-4-6-20(19)15-34/h3-8,11-14H,2,9-10,15-17H2,1H3/b26-13-. The van der Waals surface area contributed by atoms with Crippen LogP contribution in [0.3, 0.4) is 0 Å². The third-order valence-electron chi connectivity index (χ3n) is 6.67. The van der Waals surface area contributed by atoms with Gasteiger partial charge in [0, 0.05) is 28.7 Å². The number of hydrogen-bond donors (Lipinski definition) is 0. The summed E-state index contributed by atoms with van der Waals surface area (Å²) in [4.78, 5) is 41.9. The monoisotopic (exact) mass is 674 g/mol. The van der Waals surface area contributed by atoms with Gasteiger partial charge in [0.25, 0.3) is 11.1 Å². The highest BCUT2D eigenvalue weighted by atomic mass is 79.9. The molecule has 0 atom stereocenters. The predicted molar refractivity (Wildman–Crippen MR) is 164 cm³/mol. The van der Waals surface area contributed by atoms with Crippen LogP contribution < -0.4 is 9.47 Å². The Kier molecular flexibility index (Phi) is 9.28. The zero-order chi connectivity index (χ0) is 29.1. The van der Waals surface area contributed by atoms with Gasteiger partial charge >= 0.3 is 0 Å². The summed E-state index contributed by atoms with van der Waals surface area (Å²) in [5.74, 6) is 0.166. The Balaban J connectivity index is 1.30. The average molecular weight is 676 g/mol. The quantitative estimate of drug-likeness (QED) is 0.232. The van der Waals surface area contributed by atoms with E-state index in [1.807, 2.05) is 25.1 Å². The molecule has 0 spiro atoms. The fourth-order valence-corrected chi connectivity index (χ4v) is 6.47. The number of ether oxygens (including phenoxy) is 2. The molecule has 0 bridgehead atoms. The first-order valence-electron chi connectivity index (χ1n) is 12.9. The number of nitrogens with zero attached hydrogens (tertiary/aromatic N) is 2. The molecule has 0 aromatic heterocycles. The fourth-order valence-electron chi connectivity index (χ4n) is 4.59. The molecule has 0 radical (unpaired) electrons. The van der Waals surface area contributed by atoms with Gasteiger partial charge in [-0.05, 0) is 88.1 Å². The van der Waals surface area contributed by atoms with Crippen LogP contribution in [0.5, 0.6) is 11.5 Å². The molecule has 3 aromatic carbocycles. The molecule has 0 unspecified atom stereocenters. The molecule has 41 heavy (non-hydrogen) atoms. The van der Waals surface area contributed by atoms with E-state index in [0.29, 0.717) is 51.3 Å². The number of halogens is 3. The third-order valence-corrected chi connectivity index (χ3v) is 8.75. The van der Waals surface area contributed by atoms with Crippen LogP contribution in [-0.2, 0) is 29.2 Å². The van der Waals surface area contributed by atoms with Gasteiger partial charge in [-0.25, -0.2) is 0 Å². The molecule has 0 N–H and O–H groups in total. The number of amides is 3. The summed E-state index contributed by atoms with van der Waals surface area (Å²) in [6.45, 7) is 3.14. The Morgan fingerprint density at radius 2 is 1.85 bits per heavy atom. The van der Waals surface area contributed by atoms with Crippen LogP contribution in [0.4, 0.5) is 4.79 Å². The van der Waals surface area contributed by atoms with Crippen LogP contribution in [0.1, 0.15) is 29.2 Å². The molecule has 7 nitrogen and oxygen atoms in total. The number of carbonyl (C=O) groups is 3. The van der Waals surface area contributed by atoms with E-state index in [2.05, 4.69) is 22.0 Å². The lowest BCUT2D eigenvalue weighted by Gasteiger charge is -2.29. The van der Waals surface area contributed by atoms with Gasteiger partial charge in [-0.15, -0.1) is 0 Å². The second-order valence-electron chi connectivity index (χ2n) is 9.39. The second kappa shape index (κ2) is 12.9. The van der Waals surface area contributed by atoms with Crippen LogP contribution in [-0.4, -0.2) is 46.5 Å². The maximum absolute atomic E-state index is 13.2. The molecule has 2 aliphatic rings. The van der Waals surface area contributed by atoms with E-state index in [1.165, 1.54) is 5.56 Å². The van der Waals surface area contributed by atoms with E-state index in [9.17, 15) is 14.4 Å². The second-order valence-corrected chi connectivity index (χ2v) is 12.1. The number of benzene rings is 3. The Bertz CT molecular complexity index is 1560. The first kappa shape index (κ1) is 29.5. The van der Waals surface area contributed by atoms with Crippen molar-refractivity contribution in [3.63, 3.8) is 0 Å². The molecule has 1 saturated heterocycles. The highest BCUT2D eigenvalue weighted by molar-refractivity contribution is 9.10. The molecule has 212 valence electrons. The van der Waals surface area contributed by atoms with Crippen molar-refractivity contribution < 1.29 is 23.9 Å². The van der Waals surface area contributed by atoms with E-state index in [0.717, 1.165) is 34.2 Å². The van der Waals surface area contributed by atoms with Crippen molar-refractivity contribution in [2.24, 2.45) is 0 Å². The van der Waals surface area contributed by atoms with Crippen LogP contribution in [0.2, 0.25) is 10.0 Å². The molecule has 2 aliphatic heterocycles. The van der Waals surface area contributed by atoms with E-state index in [-0.39, 0.29) is 24.0 Å². The van der Waals surface area contributed by atoms with Crippen molar-refractivity contribution in [1.82, 2.24) is 9.80 Å². The summed E-state index contributed by atoms with van der Waals surface area (Å²) in [7, 11) is 0. The van der Waals surface area contributed by atoms with E-state index in [1.54, 1.807) is 41.3 Å². The average Bonchev–Trinajstić information content (AvgIpc) is 3.20. The number of fused-ring (bicyclic) bond motifs is 1. The summed E-state index contributed by atoms with van der Waals surface area (Å²) in [5, 5.41) is 0.545. The molecule has 3 aromatic rings. The zero-order valence-electron chi connectivity index (χ0n) is 22.0. The number of carbonyl (C=O) groups excluding carboxylic acids is 3. The lowest BCUT2D eigenvalue weighted by Crippen LogP contribution is -2.44. The smallest absolute Gasteiger partial charge is 0.294 e. The molecular weight excluding hydrogens is 651 g/mol. The Labute approximate surface area is 260 Å². The van der Waals surface area contributed by atoms with Gasteiger partial charge < -0.3 is 14.4 Å². The molecular formula is C30H25BrCl2N2O5S. The van der Waals surface area contributed by atoms with E-state index >= 15 is 0 Å². The molecule has 11 heteroatoms. The zero-order valence-corrected chi connectivity index (χ0v) is 25.9. The van der Waals surface area contributed by atoms with Gasteiger partial charge in [0.05, 0.1) is 16.0 Å². The minimum Gasteiger partial charge on any atom is -0.490 e. The van der Waals surface area contributed by atoms with Crippen LogP contribution in [0, 0.1) is 0 Å². The van der Waals surface area contributed by atoms with Crippen molar-refractivity contribution in [2.45, 2.75) is 26.5 Å². The van der Waals surface area contributed by atoms with Crippen LogP contribution in [0.15, 0.2) is 64.0 Å². The lowest BCUT2D eigenvalue weighted by atomic mass is 10.00. The first-order chi connectivity index (χ1) is 19.7. The number of thioether (sulfide) groups is 1. The molecule has 0 aliphatic carbocycles. The van der Waals surface area contributed by atoms with Gasteiger partial charge in [-0.1, -0.05) is 53.5 Å². The number of hydrogen-bond acceptors (Lipinski definition) is 6. The van der Waals surface area contributed by atoms with Gasteiger partial charge in [0.2, 0.25) is 5.91 Å². The highest BCUT2D eigenvalue weighted by Crippen LogP contribution is 2.40. The van der Waals surface area contributed by atoms with E-state index in [4.69, 9.17) is 32.7 Å². The largest absolute Gasteiger partial charge is 0.490 e. The minimum atomic E-state index is -0.502. The van der Waals surface area contributed by atoms with Gasteiger partial charge in [-0.2, -0.15) is 0 Å². The minimum absolute atomic E-state index is 0.184. The van der Waals surface area contributed by atoms with Crippen molar-refractivity contribution in [2.75, 3.05) is 19.7 Å². The molecule has 1 fully saturated rings. The maximum atomic E-state index is 13.2. The summed E-state index contributed by atoms with van der Waals surface area (Å²) in [6.07, 6.45) is 2.35. The SMILES string of the molecule is CCOc1cc(/C=C2\SC(=O)N(CC(=O)N3CCc4ccccc4C3)C2=O)cc(Br)c1OCc1ccc(Cl)cc1Cl. The molecule has 0 saturated carbocycles. The summed E-state index contributed by atoms with van der Waals surface area (Å²) >= 11 is 16.6. The normalized spacial score (nSPS) is 15.9. The van der Waals surface area contributed by atoms with Crippen molar-refractivity contribution in [1.29, 1.82) is 0 Å². The predicted octanol–water partition coefficient (Wildman–Crippen LogP) is 7.35. The van der Waals surface area contributed by atoms with Crippen molar-refractivity contribution >= 4 is 74.0 Å². The maximum Gasteiger partial charge on any atom is 0.294 e. The van der Waals surface area contributed by atoms with Crippen molar-refractivity contribution in [3.05, 3.63) is 96.3 Å². The topological polar surface area (TPSA) is 76.2 Å². The Morgan fingerprint density at radius 1 is 1.07 bits per heavy atom. The lowest BCUT2D eigenvalue weighted by molar-refractivity contribution is -0.136. The fraction of sp³-hybridized carbons (Fsp3) is 0.233. The molecule has 2 heterocycles. The van der Waals surface area contributed by atoms with E-state index < -0.39 is 11.1 Å². The highest BCUT2D eigenvalue weighted by Gasteiger charge is 2.37. The number of imide groups is 1. The van der Waals surface area contributed by atoms with Gasteiger partial charge in [-0.3, -0.25) is 19.3 Å². The number of rotatable bonds is 8. The van der Waals surface area contributed by atoms with Crippen molar-refractivity contribution in [3.8, 4) is 11.5 Å². The molecule has 3 amide bonds. The van der Waals surface area contributed by atoms with Crippen LogP contribution >= 0.6 is 50.9 Å².